The first-order valence-electron chi connectivity index (χ1n) is 7.08. The SMILES string of the molecule is NC(=NCC1CCCC(F)(F)C1)NCC1CCCO1. The van der Waals surface area contributed by atoms with E-state index in [0.29, 0.717) is 25.5 Å². The van der Waals surface area contributed by atoms with Gasteiger partial charge >= 0.3 is 0 Å². The predicted octanol–water partition coefficient (Wildman–Crippen LogP) is 1.90. The van der Waals surface area contributed by atoms with Gasteiger partial charge < -0.3 is 15.8 Å². The van der Waals surface area contributed by atoms with E-state index < -0.39 is 5.92 Å². The molecule has 4 nitrogen and oxygen atoms in total. The Bertz CT molecular complexity index is 317. The van der Waals surface area contributed by atoms with Crippen LogP contribution in [0.1, 0.15) is 38.5 Å². The van der Waals surface area contributed by atoms with Crippen molar-refractivity contribution in [3.8, 4) is 0 Å². The highest BCUT2D eigenvalue weighted by Gasteiger charge is 2.35. The van der Waals surface area contributed by atoms with Gasteiger partial charge in [-0.3, -0.25) is 4.99 Å². The number of nitrogens with zero attached hydrogens (tertiary/aromatic N) is 1. The molecule has 2 rings (SSSR count). The first kappa shape index (κ1) is 14.5. The minimum Gasteiger partial charge on any atom is -0.376 e. The van der Waals surface area contributed by atoms with Gasteiger partial charge in [-0.2, -0.15) is 0 Å². The number of nitrogens with one attached hydrogen (secondary N) is 1. The van der Waals surface area contributed by atoms with Crippen molar-refractivity contribution in [2.24, 2.45) is 16.6 Å². The number of halogens is 2. The molecule has 0 aromatic rings. The Morgan fingerprint density at radius 3 is 2.89 bits per heavy atom. The van der Waals surface area contributed by atoms with Crippen molar-refractivity contribution in [3.63, 3.8) is 0 Å². The summed E-state index contributed by atoms with van der Waals surface area (Å²) in [6, 6.07) is 0. The quantitative estimate of drug-likeness (QED) is 0.608. The summed E-state index contributed by atoms with van der Waals surface area (Å²) in [4.78, 5) is 4.17. The van der Waals surface area contributed by atoms with Crippen molar-refractivity contribution in [3.05, 3.63) is 0 Å². The van der Waals surface area contributed by atoms with Gasteiger partial charge in [0.2, 0.25) is 5.92 Å². The monoisotopic (exact) mass is 275 g/mol. The van der Waals surface area contributed by atoms with Crippen LogP contribution in [0.2, 0.25) is 0 Å². The van der Waals surface area contributed by atoms with Gasteiger partial charge in [-0.25, -0.2) is 8.78 Å². The second kappa shape index (κ2) is 6.50. The lowest BCUT2D eigenvalue weighted by molar-refractivity contribution is -0.0508. The number of guanidine groups is 1. The molecule has 0 bridgehead atoms. The van der Waals surface area contributed by atoms with Crippen molar-refractivity contribution in [1.82, 2.24) is 5.32 Å². The van der Waals surface area contributed by atoms with Crippen LogP contribution in [-0.4, -0.2) is 37.7 Å². The standard InChI is InChI=1S/C13H23F2N3O/c14-13(15)5-1-3-10(7-13)8-17-12(16)18-9-11-4-2-6-19-11/h10-11H,1-9H2,(H3,16,17,18). The van der Waals surface area contributed by atoms with Gasteiger partial charge in [0.15, 0.2) is 5.96 Å². The Kier molecular flexibility index (Phi) is 4.96. The van der Waals surface area contributed by atoms with Crippen LogP contribution in [0, 0.1) is 5.92 Å². The second-order valence-electron chi connectivity index (χ2n) is 5.56. The van der Waals surface area contributed by atoms with E-state index in [-0.39, 0.29) is 24.9 Å². The summed E-state index contributed by atoms with van der Waals surface area (Å²) in [5.41, 5.74) is 5.73. The highest BCUT2D eigenvalue weighted by Crippen LogP contribution is 2.36. The molecule has 6 heteroatoms. The highest BCUT2D eigenvalue weighted by atomic mass is 19.3. The minimum absolute atomic E-state index is 0.0139. The minimum atomic E-state index is -2.52. The molecule has 110 valence electrons. The number of hydrogen-bond donors (Lipinski definition) is 2. The normalized spacial score (nSPS) is 31.4. The molecule has 0 aromatic carbocycles. The van der Waals surface area contributed by atoms with Gasteiger partial charge in [0, 0.05) is 32.5 Å². The zero-order chi connectivity index (χ0) is 13.7. The first-order chi connectivity index (χ1) is 9.05. The third-order valence-corrected chi connectivity index (χ3v) is 3.80. The smallest absolute Gasteiger partial charge is 0.248 e. The van der Waals surface area contributed by atoms with Gasteiger partial charge in [0.25, 0.3) is 0 Å². The number of alkyl halides is 2. The van der Waals surface area contributed by atoms with E-state index in [0.717, 1.165) is 25.9 Å². The molecule has 1 heterocycles. The van der Waals surface area contributed by atoms with E-state index in [1.807, 2.05) is 0 Å². The second-order valence-corrected chi connectivity index (χ2v) is 5.56. The maximum absolute atomic E-state index is 13.2. The maximum Gasteiger partial charge on any atom is 0.248 e. The van der Waals surface area contributed by atoms with Crippen LogP contribution in [0.4, 0.5) is 8.78 Å². The summed E-state index contributed by atoms with van der Waals surface area (Å²) < 4.78 is 31.9. The zero-order valence-electron chi connectivity index (χ0n) is 11.2. The van der Waals surface area contributed by atoms with E-state index in [4.69, 9.17) is 10.5 Å². The lowest BCUT2D eigenvalue weighted by Crippen LogP contribution is -2.38. The molecule has 1 aliphatic carbocycles. The summed E-state index contributed by atoms with van der Waals surface area (Å²) in [6.07, 6.45) is 3.67. The van der Waals surface area contributed by atoms with Gasteiger partial charge in [-0.05, 0) is 31.6 Å². The van der Waals surface area contributed by atoms with E-state index in [9.17, 15) is 8.78 Å². The van der Waals surface area contributed by atoms with Crippen LogP contribution in [-0.2, 0) is 4.74 Å². The third-order valence-electron chi connectivity index (χ3n) is 3.80. The molecule has 19 heavy (non-hydrogen) atoms. The van der Waals surface area contributed by atoms with Crippen molar-refractivity contribution in [2.45, 2.75) is 50.6 Å². The van der Waals surface area contributed by atoms with Gasteiger partial charge in [0.1, 0.15) is 0 Å². The molecule has 2 unspecified atom stereocenters. The molecule has 2 fully saturated rings. The number of aliphatic imine (C=N–C) groups is 1. The average molecular weight is 275 g/mol. The van der Waals surface area contributed by atoms with Crippen LogP contribution in [0.3, 0.4) is 0 Å². The number of hydrogen-bond acceptors (Lipinski definition) is 2. The Morgan fingerprint density at radius 2 is 2.21 bits per heavy atom. The highest BCUT2D eigenvalue weighted by molar-refractivity contribution is 5.77. The molecule has 1 aliphatic heterocycles. The fraction of sp³-hybridized carbons (Fsp3) is 0.923. The van der Waals surface area contributed by atoms with Crippen LogP contribution in [0.15, 0.2) is 4.99 Å². The van der Waals surface area contributed by atoms with Gasteiger partial charge in [0.05, 0.1) is 6.10 Å². The fourth-order valence-electron chi connectivity index (χ4n) is 2.74. The van der Waals surface area contributed by atoms with Crippen LogP contribution in [0.25, 0.3) is 0 Å². The Labute approximate surface area is 112 Å². The van der Waals surface area contributed by atoms with Crippen LogP contribution >= 0.6 is 0 Å². The van der Waals surface area contributed by atoms with E-state index in [2.05, 4.69) is 10.3 Å². The molecule has 1 saturated heterocycles. The molecule has 3 N–H and O–H groups in total. The van der Waals surface area contributed by atoms with Crippen molar-refractivity contribution >= 4 is 5.96 Å². The van der Waals surface area contributed by atoms with E-state index >= 15 is 0 Å². The van der Waals surface area contributed by atoms with E-state index in [1.165, 1.54) is 0 Å². The maximum atomic E-state index is 13.2. The van der Waals surface area contributed by atoms with Crippen LogP contribution in [0.5, 0.6) is 0 Å². The summed E-state index contributed by atoms with van der Waals surface area (Å²) in [5, 5.41) is 3.00. The third kappa shape index (κ3) is 4.93. The number of rotatable bonds is 4. The molecule has 0 radical (unpaired) electrons. The number of nitrogens with two attached hydrogens (primary N) is 1. The zero-order valence-corrected chi connectivity index (χ0v) is 11.2. The summed E-state index contributed by atoms with van der Waals surface area (Å²) in [7, 11) is 0. The van der Waals surface area contributed by atoms with Crippen LogP contribution < -0.4 is 11.1 Å². The Morgan fingerprint density at radius 1 is 1.37 bits per heavy atom. The van der Waals surface area contributed by atoms with Crippen molar-refractivity contribution in [2.75, 3.05) is 19.7 Å². The molecule has 0 aromatic heterocycles. The average Bonchev–Trinajstić information content (AvgIpc) is 2.86. The van der Waals surface area contributed by atoms with E-state index in [1.54, 1.807) is 0 Å². The lowest BCUT2D eigenvalue weighted by Gasteiger charge is -2.27. The molecule has 0 spiro atoms. The summed E-state index contributed by atoms with van der Waals surface area (Å²) >= 11 is 0. The topological polar surface area (TPSA) is 59.6 Å². The van der Waals surface area contributed by atoms with Gasteiger partial charge in [-0.1, -0.05) is 0 Å². The molecule has 2 atom stereocenters. The Hall–Kier alpha value is -0.910. The predicted molar refractivity (Wildman–Crippen MR) is 70.4 cm³/mol. The number of ether oxygens (including phenoxy) is 1. The first-order valence-corrected chi connectivity index (χ1v) is 7.08. The lowest BCUT2D eigenvalue weighted by atomic mass is 9.87. The summed E-state index contributed by atoms with van der Waals surface area (Å²) in [5.74, 6) is -2.23. The van der Waals surface area contributed by atoms with Crippen molar-refractivity contribution < 1.29 is 13.5 Å². The molecular formula is C13H23F2N3O. The molecular weight excluding hydrogens is 252 g/mol. The fourth-order valence-corrected chi connectivity index (χ4v) is 2.74. The molecule has 2 aliphatic rings. The van der Waals surface area contributed by atoms with Gasteiger partial charge in [-0.15, -0.1) is 0 Å². The molecule has 0 amide bonds. The Balaban J connectivity index is 1.68. The summed E-state index contributed by atoms with van der Waals surface area (Å²) in [6.45, 7) is 1.84. The largest absolute Gasteiger partial charge is 0.376 e. The van der Waals surface area contributed by atoms with Crippen molar-refractivity contribution in [1.29, 1.82) is 0 Å². The molecule has 1 saturated carbocycles.